The average molecular weight is 401 g/mol. The number of benzene rings is 2. The molecule has 0 radical (unpaired) electrons. The van der Waals surface area contributed by atoms with Crippen LogP contribution >= 0.6 is 0 Å². The molecule has 0 amide bonds. The lowest BCUT2D eigenvalue weighted by Crippen LogP contribution is -3.13. The van der Waals surface area contributed by atoms with Crippen molar-refractivity contribution in [2.75, 3.05) is 20.8 Å². The molecular formula is C24H31FNO3+. The molecule has 0 spiro atoms. The summed E-state index contributed by atoms with van der Waals surface area (Å²) in [5.41, 5.74) is 1.46. The van der Waals surface area contributed by atoms with Gasteiger partial charge >= 0.3 is 0 Å². The molecule has 156 valence electrons. The van der Waals surface area contributed by atoms with Crippen molar-refractivity contribution in [3.8, 4) is 11.5 Å². The summed E-state index contributed by atoms with van der Waals surface area (Å²) in [6.45, 7) is 1.58. The molecule has 0 aromatic heterocycles. The van der Waals surface area contributed by atoms with E-state index < -0.39 is 5.60 Å². The van der Waals surface area contributed by atoms with Gasteiger partial charge in [-0.2, -0.15) is 0 Å². The topological polar surface area (TPSA) is 43.1 Å². The molecule has 2 N–H and O–H groups in total. The van der Waals surface area contributed by atoms with Gasteiger partial charge in [0.25, 0.3) is 0 Å². The molecule has 1 heterocycles. The Hall–Kier alpha value is -2.11. The molecule has 1 saturated heterocycles. The number of nitrogens with one attached hydrogen (secondary N) is 1. The van der Waals surface area contributed by atoms with E-state index in [0.717, 1.165) is 67.8 Å². The van der Waals surface area contributed by atoms with Gasteiger partial charge in [0.05, 0.1) is 31.9 Å². The summed E-state index contributed by atoms with van der Waals surface area (Å²) in [4.78, 5) is 1.36. The minimum Gasteiger partial charge on any atom is -0.497 e. The maximum Gasteiger partial charge on any atom is 0.131 e. The van der Waals surface area contributed by atoms with Crippen molar-refractivity contribution in [1.82, 2.24) is 0 Å². The number of fused-ring (bicyclic) bond motifs is 1. The molecule has 4 atom stereocenters. The van der Waals surface area contributed by atoms with Crippen molar-refractivity contribution in [1.29, 1.82) is 0 Å². The molecule has 1 aliphatic carbocycles. The number of hydrogen-bond acceptors (Lipinski definition) is 3. The molecule has 4 nitrogen and oxygen atoms in total. The van der Waals surface area contributed by atoms with E-state index in [0.29, 0.717) is 0 Å². The van der Waals surface area contributed by atoms with Gasteiger partial charge in [-0.25, -0.2) is 4.39 Å². The predicted octanol–water partition coefficient (Wildman–Crippen LogP) is 3.29. The van der Waals surface area contributed by atoms with E-state index in [1.54, 1.807) is 26.4 Å². The van der Waals surface area contributed by atoms with Crippen LogP contribution in [0.1, 0.15) is 49.3 Å². The van der Waals surface area contributed by atoms with E-state index in [-0.39, 0.29) is 17.8 Å². The van der Waals surface area contributed by atoms with Gasteiger partial charge < -0.3 is 19.5 Å². The van der Waals surface area contributed by atoms with Crippen LogP contribution in [-0.2, 0) is 6.54 Å². The molecule has 29 heavy (non-hydrogen) atoms. The molecule has 5 heteroatoms. The van der Waals surface area contributed by atoms with Crippen molar-refractivity contribution in [2.24, 2.45) is 5.92 Å². The van der Waals surface area contributed by atoms with Gasteiger partial charge in [0.2, 0.25) is 0 Å². The van der Waals surface area contributed by atoms with Crippen molar-refractivity contribution in [2.45, 2.75) is 50.3 Å². The zero-order chi connectivity index (χ0) is 20.4. The summed E-state index contributed by atoms with van der Waals surface area (Å²) >= 11 is 0. The number of aliphatic hydroxyl groups is 1. The maximum atomic E-state index is 13.8. The van der Waals surface area contributed by atoms with Crippen LogP contribution in [0.25, 0.3) is 0 Å². The first kappa shape index (κ1) is 20.2. The number of rotatable bonds is 5. The second-order valence-corrected chi connectivity index (χ2v) is 8.51. The van der Waals surface area contributed by atoms with Crippen LogP contribution in [0.5, 0.6) is 11.5 Å². The summed E-state index contributed by atoms with van der Waals surface area (Å²) in [6, 6.07) is 12.9. The number of piperidine rings is 1. The Balaban J connectivity index is 1.74. The summed E-state index contributed by atoms with van der Waals surface area (Å²) in [5, 5.41) is 11.5. The molecule has 1 aliphatic heterocycles. The molecule has 2 aromatic rings. The smallest absolute Gasteiger partial charge is 0.131 e. The zero-order valence-corrected chi connectivity index (χ0v) is 17.3. The average Bonchev–Trinajstić information content (AvgIpc) is 2.73. The van der Waals surface area contributed by atoms with Crippen LogP contribution in [-0.4, -0.2) is 31.5 Å². The highest BCUT2D eigenvalue weighted by Crippen LogP contribution is 2.46. The zero-order valence-electron chi connectivity index (χ0n) is 17.3. The van der Waals surface area contributed by atoms with Crippen molar-refractivity contribution >= 4 is 0 Å². The van der Waals surface area contributed by atoms with E-state index in [1.165, 1.54) is 11.0 Å². The number of halogens is 1. The Morgan fingerprint density at radius 2 is 1.97 bits per heavy atom. The standard InChI is InChI=1S/C24H30FNO3/c1-28-19-9-10-20(22(15-19)29-2)23-21-8-3-4-11-24(21,27)12-13-26(23)16-17-6-5-7-18(25)14-17/h5-7,9-10,14-15,21,23,27H,3-4,8,11-13,16H2,1-2H3/p+1/t21-,23+,24-/m0/s1. The number of quaternary nitrogens is 1. The fourth-order valence-corrected chi connectivity index (χ4v) is 5.47. The lowest BCUT2D eigenvalue weighted by Gasteiger charge is -2.50. The highest BCUT2D eigenvalue weighted by molar-refractivity contribution is 5.42. The van der Waals surface area contributed by atoms with E-state index in [4.69, 9.17) is 9.47 Å². The second-order valence-electron chi connectivity index (χ2n) is 8.51. The van der Waals surface area contributed by atoms with E-state index >= 15 is 0 Å². The van der Waals surface area contributed by atoms with Crippen LogP contribution in [0.4, 0.5) is 4.39 Å². The number of methoxy groups -OCH3 is 2. The van der Waals surface area contributed by atoms with E-state index in [9.17, 15) is 9.50 Å². The molecule has 4 rings (SSSR count). The van der Waals surface area contributed by atoms with Crippen molar-refractivity contribution in [3.63, 3.8) is 0 Å². The molecular weight excluding hydrogens is 369 g/mol. The Labute approximate surface area is 172 Å². The van der Waals surface area contributed by atoms with Gasteiger partial charge in [-0.1, -0.05) is 25.0 Å². The second kappa shape index (κ2) is 8.33. The third-order valence-electron chi connectivity index (χ3n) is 6.88. The first-order valence-corrected chi connectivity index (χ1v) is 10.6. The van der Waals surface area contributed by atoms with Crippen LogP contribution in [0.15, 0.2) is 42.5 Å². The monoisotopic (exact) mass is 400 g/mol. The largest absolute Gasteiger partial charge is 0.497 e. The van der Waals surface area contributed by atoms with Crippen LogP contribution in [0.3, 0.4) is 0 Å². The van der Waals surface area contributed by atoms with Crippen LogP contribution < -0.4 is 14.4 Å². The van der Waals surface area contributed by atoms with Gasteiger partial charge in [-0.05, 0) is 37.1 Å². The minimum absolute atomic E-state index is 0.0955. The lowest BCUT2D eigenvalue weighted by molar-refractivity contribution is -0.958. The minimum atomic E-state index is -0.626. The van der Waals surface area contributed by atoms with Crippen LogP contribution in [0.2, 0.25) is 0 Å². The Morgan fingerprint density at radius 1 is 1.10 bits per heavy atom. The Kier molecular flexibility index (Phi) is 5.79. The van der Waals surface area contributed by atoms with Gasteiger partial charge in [0.1, 0.15) is 29.9 Å². The Morgan fingerprint density at radius 3 is 2.72 bits per heavy atom. The molecule has 0 bridgehead atoms. The summed E-state index contributed by atoms with van der Waals surface area (Å²) in [7, 11) is 3.33. The molecule has 2 aliphatic rings. The highest BCUT2D eigenvalue weighted by Gasteiger charge is 2.52. The number of hydrogen-bond donors (Lipinski definition) is 2. The van der Waals surface area contributed by atoms with Crippen molar-refractivity contribution < 1.29 is 23.9 Å². The van der Waals surface area contributed by atoms with Gasteiger partial charge in [0.15, 0.2) is 0 Å². The van der Waals surface area contributed by atoms with Gasteiger partial charge in [-0.3, -0.25) is 0 Å². The summed E-state index contributed by atoms with van der Waals surface area (Å²) in [6.07, 6.45) is 4.87. The fraction of sp³-hybridized carbons (Fsp3) is 0.500. The Bertz CT molecular complexity index is 858. The molecule has 2 fully saturated rings. The maximum absolute atomic E-state index is 13.8. The molecule has 2 aromatic carbocycles. The SMILES string of the molecule is COc1ccc([C@@H]2[C@@H]3CCCC[C@]3(O)CC[NH+]2Cc2cccc(F)c2)c(OC)c1. The molecule has 1 unspecified atom stereocenters. The third-order valence-corrected chi connectivity index (χ3v) is 6.88. The lowest BCUT2D eigenvalue weighted by atomic mass is 9.66. The van der Waals surface area contributed by atoms with Crippen LogP contribution in [0, 0.1) is 11.7 Å². The van der Waals surface area contributed by atoms with Crippen molar-refractivity contribution in [3.05, 3.63) is 59.4 Å². The summed E-state index contributed by atoms with van der Waals surface area (Å²) in [5.74, 6) is 1.51. The third kappa shape index (κ3) is 3.99. The van der Waals surface area contributed by atoms with Gasteiger partial charge in [0, 0.05) is 24.0 Å². The predicted molar refractivity (Wildman–Crippen MR) is 110 cm³/mol. The normalized spacial score (nSPS) is 29.2. The summed E-state index contributed by atoms with van der Waals surface area (Å²) < 4.78 is 24.9. The molecule has 1 saturated carbocycles. The fourth-order valence-electron chi connectivity index (χ4n) is 5.47. The van der Waals surface area contributed by atoms with Gasteiger partial charge in [-0.15, -0.1) is 0 Å². The first-order chi connectivity index (χ1) is 14.0. The van der Waals surface area contributed by atoms with E-state index in [1.807, 2.05) is 18.2 Å². The number of likely N-dealkylation sites (tertiary alicyclic amines) is 1. The van der Waals surface area contributed by atoms with E-state index in [2.05, 4.69) is 6.07 Å². The quantitative estimate of drug-likeness (QED) is 0.809. The highest BCUT2D eigenvalue weighted by atomic mass is 19.1. The number of ether oxygens (including phenoxy) is 2. The first-order valence-electron chi connectivity index (χ1n) is 10.6.